The molecule has 1 amide bonds. The molecule has 0 saturated heterocycles. The fourth-order valence-electron chi connectivity index (χ4n) is 2.60. The van der Waals surface area contributed by atoms with Crippen LogP contribution in [0.5, 0.6) is 0 Å². The van der Waals surface area contributed by atoms with Crippen molar-refractivity contribution in [2.75, 3.05) is 13.6 Å². The number of benzene rings is 1. The van der Waals surface area contributed by atoms with Crippen LogP contribution >= 0.6 is 0 Å². The molecule has 0 saturated carbocycles. The van der Waals surface area contributed by atoms with Gasteiger partial charge in [0.2, 0.25) is 5.91 Å². The number of nitrogens with zero attached hydrogens (tertiary/aromatic N) is 3. The van der Waals surface area contributed by atoms with Crippen molar-refractivity contribution in [3.05, 3.63) is 71.7 Å². The summed E-state index contributed by atoms with van der Waals surface area (Å²) in [5.41, 5.74) is 3.93. The smallest absolute Gasteiger partial charge is 0.234 e. The molecule has 3 rings (SSSR count). The molecule has 1 N–H and O–H groups in total. The molecule has 134 valence electrons. The van der Waals surface area contributed by atoms with Gasteiger partial charge in [0, 0.05) is 30.6 Å². The molecule has 0 aliphatic heterocycles. The number of hydrogen-bond donors (Lipinski definition) is 1. The second kappa shape index (κ2) is 8.40. The van der Waals surface area contributed by atoms with Gasteiger partial charge in [-0.15, -0.1) is 0 Å². The molecule has 0 bridgehead atoms. The molecule has 2 aromatic heterocycles. The molecule has 2 heterocycles. The third-order valence-electron chi connectivity index (χ3n) is 3.95. The Bertz CT molecular complexity index is 844. The van der Waals surface area contributed by atoms with Crippen molar-refractivity contribution in [2.45, 2.75) is 20.0 Å². The van der Waals surface area contributed by atoms with E-state index >= 15 is 0 Å². The van der Waals surface area contributed by atoms with Crippen LogP contribution in [0.1, 0.15) is 16.8 Å². The zero-order chi connectivity index (χ0) is 18.4. The van der Waals surface area contributed by atoms with E-state index in [9.17, 15) is 4.79 Å². The summed E-state index contributed by atoms with van der Waals surface area (Å²) in [5, 5.41) is 6.89. The molecule has 26 heavy (non-hydrogen) atoms. The molecule has 0 radical (unpaired) electrons. The van der Waals surface area contributed by atoms with Crippen molar-refractivity contribution in [3.8, 4) is 11.3 Å². The van der Waals surface area contributed by atoms with E-state index in [4.69, 9.17) is 4.52 Å². The van der Waals surface area contributed by atoms with Crippen LogP contribution in [-0.4, -0.2) is 34.5 Å². The Morgan fingerprint density at radius 2 is 2.04 bits per heavy atom. The number of likely N-dealkylation sites (N-methyl/N-ethyl adjacent to an activating group) is 1. The van der Waals surface area contributed by atoms with E-state index in [1.807, 2.05) is 61.3 Å². The number of hydrogen-bond acceptors (Lipinski definition) is 5. The standard InChI is InChI=1S/C20H22N4O2/c1-15-5-7-17(8-6-15)19-10-18(23-26-19)12-22-20(25)14-24(2)13-16-4-3-9-21-11-16/h3-11H,12-14H2,1-2H3,(H,22,25). The van der Waals surface area contributed by atoms with E-state index < -0.39 is 0 Å². The van der Waals surface area contributed by atoms with Gasteiger partial charge in [0.15, 0.2) is 5.76 Å². The quantitative estimate of drug-likeness (QED) is 0.709. The van der Waals surface area contributed by atoms with E-state index in [1.54, 1.807) is 12.4 Å². The fraction of sp³-hybridized carbons (Fsp3) is 0.250. The number of pyridine rings is 1. The van der Waals surface area contributed by atoms with Crippen LogP contribution in [0.25, 0.3) is 11.3 Å². The maximum absolute atomic E-state index is 12.1. The van der Waals surface area contributed by atoms with E-state index in [2.05, 4.69) is 15.5 Å². The van der Waals surface area contributed by atoms with Crippen molar-refractivity contribution in [1.82, 2.24) is 20.4 Å². The summed E-state index contributed by atoms with van der Waals surface area (Å²) in [4.78, 5) is 18.1. The monoisotopic (exact) mass is 350 g/mol. The maximum atomic E-state index is 12.1. The van der Waals surface area contributed by atoms with Crippen LogP contribution in [0.2, 0.25) is 0 Å². The van der Waals surface area contributed by atoms with Crippen molar-refractivity contribution < 1.29 is 9.32 Å². The van der Waals surface area contributed by atoms with Crippen LogP contribution in [-0.2, 0) is 17.9 Å². The van der Waals surface area contributed by atoms with E-state index in [0.717, 1.165) is 11.1 Å². The molecule has 0 spiro atoms. The number of carbonyl (C=O) groups is 1. The van der Waals surface area contributed by atoms with Crippen LogP contribution in [0, 0.1) is 6.92 Å². The van der Waals surface area contributed by atoms with E-state index in [0.29, 0.717) is 31.1 Å². The summed E-state index contributed by atoms with van der Waals surface area (Å²) in [7, 11) is 1.90. The lowest BCUT2D eigenvalue weighted by atomic mass is 10.1. The lowest BCUT2D eigenvalue weighted by Crippen LogP contribution is -2.34. The summed E-state index contributed by atoms with van der Waals surface area (Å²) < 4.78 is 5.36. The zero-order valence-corrected chi connectivity index (χ0v) is 15.0. The second-order valence-electron chi connectivity index (χ2n) is 6.36. The highest BCUT2D eigenvalue weighted by Gasteiger charge is 2.10. The fourth-order valence-corrected chi connectivity index (χ4v) is 2.60. The normalized spacial score (nSPS) is 10.9. The summed E-state index contributed by atoms with van der Waals surface area (Å²) >= 11 is 0. The van der Waals surface area contributed by atoms with Crippen LogP contribution < -0.4 is 5.32 Å². The molecule has 0 aliphatic carbocycles. The van der Waals surface area contributed by atoms with Crippen molar-refractivity contribution in [1.29, 1.82) is 0 Å². The largest absolute Gasteiger partial charge is 0.356 e. The first-order valence-corrected chi connectivity index (χ1v) is 8.47. The summed E-state index contributed by atoms with van der Waals surface area (Å²) in [6.07, 6.45) is 3.54. The van der Waals surface area contributed by atoms with Gasteiger partial charge >= 0.3 is 0 Å². The van der Waals surface area contributed by atoms with E-state index in [-0.39, 0.29) is 5.91 Å². The molecule has 0 aliphatic rings. The Hall–Kier alpha value is -2.99. The molecular formula is C20H22N4O2. The predicted octanol–water partition coefficient (Wildman–Crippen LogP) is 2.79. The first kappa shape index (κ1) is 17.8. The Morgan fingerprint density at radius 1 is 1.23 bits per heavy atom. The second-order valence-corrected chi connectivity index (χ2v) is 6.36. The molecule has 6 nitrogen and oxygen atoms in total. The van der Waals surface area contributed by atoms with Gasteiger partial charge in [0.25, 0.3) is 0 Å². The molecule has 0 unspecified atom stereocenters. The van der Waals surface area contributed by atoms with Crippen molar-refractivity contribution in [3.63, 3.8) is 0 Å². The minimum atomic E-state index is -0.0590. The predicted molar refractivity (Wildman–Crippen MR) is 99.1 cm³/mol. The minimum Gasteiger partial charge on any atom is -0.356 e. The number of carbonyl (C=O) groups excluding carboxylic acids is 1. The van der Waals surface area contributed by atoms with Crippen molar-refractivity contribution in [2.24, 2.45) is 0 Å². The van der Waals surface area contributed by atoms with E-state index in [1.165, 1.54) is 5.56 Å². The van der Waals surface area contributed by atoms with Crippen LogP contribution in [0.3, 0.4) is 0 Å². The molecule has 0 atom stereocenters. The average Bonchev–Trinajstić information content (AvgIpc) is 3.10. The zero-order valence-electron chi connectivity index (χ0n) is 15.0. The van der Waals surface area contributed by atoms with Crippen LogP contribution in [0.4, 0.5) is 0 Å². The lowest BCUT2D eigenvalue weighted by molar-refractivity contribution is -0.122. The van der Waals surface area contributed by atoms with Crippen LogP contribution in [0.15, 0.2) is 59.4 Å². The number of rotatable bonds is 7. The first-order valence-electron chi connectivity index (χ1n) is 8.47. The van der Waals surface area contributed by atoms with Gasteiger partial charge < -0.3 is 9.84 Å². The maximum Gasteiger partial charge on any atom is 0.234 e. The Labute approximate surface area is 152 Å². The first-order chi connectivity index (χ1) is 12.6. The van der Waals surface area contributed by atoms with Gasteiger partial charge in [-0.2, -0.15) is 0 Å². The molecule has 1 aromatic carbocycles. The summed E-state index contributed by atoms with van der Waals surface area (Å²) in [6.45, 7) is 3.35. The summed E-state index contributed by atoms with van der Waals surface area (Å²) in [5.74, 6) is 0.638. The Morgan fingerprint density at radius 3 is 2.77 bits per heavy atom. The van der Waals surface area contributed by atoms with Gasteiger partial charge in [0.05, 0.1) is 13.1 Å². The summed E-state index contributed by atoms with van der Waals surface area (Å²) in [6, 6.07) is 13.8. The topological polar surface area (TPSA) is 71.3 Å². The average molecular weight is 350 g/mol. The number of aryl methyl sites for hydroxylation is 1. The highest BCUT2D eigenvalue weighted by molar-refractivity contribution is 5.77. The molecular weight excluding hydrogens is 328 g/mol. The highest BCUT2D eigenvalue weighted by atomic mass is 16.5. The Balaban J connectivity index is 1.48. The van der Waals surface area contributed by atoms with Gasteiger partial charge in [-0.05, 0) is 25.6 Å². The molecule has 6 heteroatoms. The third kappa shape index (κ3) is 5.00. The van der Waals surface area contributed by atoms with Gasteiger partial charge in [-0.1, -0.05) is 41.1 Å². The number of aromatic nitrogens is 2. The van der Waals surface area contributed by atoms with Gasteiger partial charge in [0.1, 0.15) is 5.69 Å². The molecule has 3 aromatic rings. The highest BCUT2D eigenvalue weighted by Crippen LogP contribution is 2.20. The number of amides is 1. The van der Waals surface area contributed by atoms with Gasteiger partial charge in [-0.25, -0.2) is 0 Å². The third-order valence-corrected chi connectivity index (χ3v) is 3.95. The minimum absolute atomic E-state index is 0.0590. The SMILES string of the molecule is Cc1ccc(-c2cc(CNC(=O)CN(C)Cc3cccnc3)no2)cc1. The number of nitrogens with one attached hydrogen (secondary N) is 1. The van der Waals surface area contributed by atoms with Gasteiger partial charge in [-0.3, -0.25) is 14.7 Å². The Kier molecular flexibility index (Phi) is 5.76. The molecule has 0 fully saturated rings. The van der Waals surface area contributed by atoms with Crippen molar-refractivity contribution >= 4 is 5.91 Å². The lowest BCUT2D eigenvalue weighted by Gasteiger charge is -2.15.